The molecule has 0 aliphatic carbocycles. The number of likely N-dealkylation sites (N-methyl/N-ethyl adjacent to an activating group) is 1. The minimum Gasteiger partial charge on any atom is -0.490 e. The summed E-state index contributed by atoms with van der Waals surface area (Å²) in [5.41, 5.74) is 1.36. The molecule has 1 fully saturated rings. The first-order valence-corrected chi connectivity index (χ1v) is 11.8. The fourth-order valence-corrected chi connectivity index (χ4v) is 4.53. The maximum atomic E-state index is 13.3. The topological polar surface area (TPSA) is 100 Å². The number of nitrogens with zero attached hydrogens (tertiary/aromatic N) is 2. The molecule has 4 amide bonds. The van der Waals surface area contributed by atoms with Crippen molar-refractivity contribution < 1.29 is 23.9 Å². The van der Waals surface area contributed by atoms with E-state index in [1.54, 1.807) is 73.4 Å². The van der Waals surface area contributed by atoms with Crippen LogP contribution in [0.2, 0.25) is 5.02 Å². The molecule has 3 atom stereocenters. The Morgan fingerprint density at radius 3 is 2.57 bits per heavy atom. The average Bonchev–Trinajstić information content (AvgIpc) is 2.81. The minimum absolute atomic E-state index is 0.00872. The van der Waals surface area contributed by atoms with Gasteiger partial charge in [0.05, 0.1) is 24.1 Å². The van der Waals surface area contributed by atoms with Crippen LogP contribution in [0.1, 0.15) is 29.6 Å². The zero-order chi connectivity index (χ0) is 25.1. The molecule has 2 N–H and O–H groups in total. The molecule has 9 nitrogen and oxygen atoms in total. The van der Waals surface area contributed by atoms with Crippen LogP contribution in [0.15, 0.2) is 42.5 Å². The molecule has 35 heavy (non-hydrogen) atoms. The molecule has 0 spiro atoms. The highest BCUT2D eigenvalue weighted by Gasteiger charge is 2.39. The van der Waals surface area contributed by atoms with Crippen molar-refractivity contribution in [1.82, 2.24) is 9.80 Å². The Kier molecular flexibility index (Phi) is 7.47. The molecule has 0 radical (unpaired) electrons. The highest BCUT2D eigenvalue weighted by Crippen LogP contribution is 2.32. The number of fused-ring (bicyclic) bond motifs is 2. The SMILES string of the molecule is CN(C)C(=O)C[C@H]1CC[C@H]2[C@H](COc3ccc(NC(=O)Nc4cccc(Cl)c4)cc3C(=O)N2C)O1. The van der Waals surface area contributed by atoms with E-state index in [0.717, 1.165) is 0 Å². The van der Waals surface area contributed by atoms with E-state index in [1.807, 2.05) is 0 Å². The Hall–Kier alpha value is -3.30. The van der Waals surface area contributed by atoms with Crippen LogP contribution >= 0.6 is 11.6 Å². The van der Waals surface area contributed by atoms with Crippen LogP contribution in [0.4, 0.5) is 16.2 Å². The van der Waals surface area contributed by atoms with Crippen molar-refractivity contribution >= 4 is 40.8 Å². The number of hydrogen-bond acceptors (Lipinski definition) is 5. The summed E-state index contributed by atoms with van der Waals surface area (Å²) in [7, 11) is 5.19. The standard InChI is InChI=1S/C25H29ClN4O5/c1-29(2)23(31)13-18-8-9-20-22(35-18)14-34-21-10-7-17(12-19(21)24(32)30(20)3)28-25(33)27-16-6-4-5-15(26)11-16/h4-7,10-12,18,20,22H,8-9,13-14H2,1-3H3,(H2,27,28,33)/t18-,20+,22+/m1/s1. The van der Waals surface area contributed by atoms with E-state index in [9.17, 15) is 14.4 Å². The third-order valence-corrected chi connectivity index (χ3v) is 6.49. The Balaban J connectivity index is 1.46. The molecule has 2 aliphatic heterocycles. The number of amides is 4. The second kappa shape index (κ2) is 10.5. The van der Waals surface area contributed by atoms with Gasteiger partial charge in [0.1, 0.15) is 18.5 Å². The summed E-state index contributed by atoms with van der Waals surface area (Å²) in [5, 5.41) is 5.96. The van der Waals surface area contributed by atoms with Crippen LogP contribution in [0.25, 0.3) is 0 Å². The number of nitrogens with one attached hydrogen (secondary N) is 2. The van der Waals surface area contributed by atoms with E-state index in [4.69, 9.17) is 21.1 Å². The summed E-state index contributed by atoms with van der Waals surface area (Å²) in [6.45, 7) is 0.254. The van der Waals surface area contributed by atoms with E-state index in [1.165, 1.54) is 0 Å². The largest absolute Gasteiger partial charge is 0.490 e. The van der Waals surface area contributed by atoms with Gasteiger partial charge in [-0.25, -0.2) is 4.79 Å². The molecule has 0 aromatic heterocycles. The molecule has 2 aromatic rings. The zero-order valence-corrected chi connectivity index (χ0v) is 20.7. The molecule has 186 valence electrons. The second-order valence-electron chi connectivity index (χ2n) is 8.96. The Bertz CT molecular complexity index is 1120. The molecule has 1 saturated heterocycles. The molecule has 4 rings (SSSR count). The van der Waals surface area contributed by atoms with Crippen molar-refractivity contribution in [3.63, 3.8) is 0 Å². The van der Waals surface area contributed by atoms with Gasteiger partial charge in [0.25, 0.3) is 5.91 Å². The van der Waals surface area contributed by atoms with Crippen LogP contribution in [0, 0.1) is 0 Å². The lowest BCUT2D eigenvalue weighted by molar-refractivity contribution is -0.140. The summed E-state index contributed by atoms with van der Waals surface area (Å²) in [5.74, 6) is 0.200. The van der Waals surface area contributed by atoms with Gasteiger partial charge in [-0.3, -0.25) is 9.59 Å². The minimum atomic E-state index is -0.459. The predicted octanol–water partition coefficient (Wildman–Crippen LogP) is 3.84. The van der Waals surface area contributed by atoms with Gasteiger partial charge in [-0.1, -0.05) is 17.7 Å². The Labute approximate surface area is 209 Å². The maximum absolute atomic E-state index is 13.3. The molecular formula is C25H29ClN4O5. The first-order chi connectivity index (χ1) is 16.7. The van der Waals surface area contributed by atoms with E-state index < -0.39 is 6.03 Å². The molecule has 2 aliphatic rings. The van der Waals surface area contributed by atoms with Gasteiger partial charge < -0.3 is 29.9 Å². The van der Waals surface area contributed by atoms with Crippen molar-refractivity contribution in [2.24, 2.45) is 0 Å². The molecule has 2 heterocycles. The molecule has 0 bridgehead atoms. The number of urea groups is 1. The normalized spacial score (nSPS) is 21.5. The van der Waals surface area contributed by atoms with Crippen LogP contribution in [0.5, 0.6) is 5.75 Å². The third-order valence-electron chi connectivity index (χ3n) is 6.25. The van der Waals surface area contributed by atoms with Gasteiger partial charge in [-0.2, -0.15) is 0 Å². The van der Waals surface area contributed by atoms with Crippen molar-refractivity contribution in [2.75, 3.05) is 38.4 Å². The lowest BCUT2D eigenvalue weighted by Gasteiger charge is -2.42. The van der Waals surface area contributed by atoms with E-state index in [0.29, 0.717) is 47.0 Å². The monoisotopic (exact) mass is 500 g/mol. The maximum Gasteiger partial charge on any atom is 0.323 e. The third kappa shape index (κ3) is 5.86. The first kappa shape index (κ1) is 24.8. The summed E-state index contributed by atoms with van der Waals surface area (Å²) < 4.78 is 12.2. The van der Waals surface area contributed by atoms with Gasteiger partial charge >= 0.3 is 6.03 Å². The summed E-state index contributed by atoms with van der Waals surface area (Å²) >= 11 is 5.96. The zero-order valence-electron chi connectivity index (χ0n) is 19.9. The summed E-state index contributed by atoms with van der Waals surface area (Å²) in [6, 6.07) is 11.1. The van der Waals surface area contributed by atoms with Crippen molar-refractivity contribution in [2.45, 2.75) is 37.5 Å². The molecule has 0 saturated carbocycles. The van der Waals surface area contributed by atoms with Gasteiger partial charge in [0.15, 0.2) is 0 Å². The molecule has 0 unspecified atom stereocenters. The highest BCUT2D eigenvalue weighted by molar-refractivity contribution is 6.30. The fraction of sp³-hybridized carbons (Fsp3) is 0.400. The van der Waals surface area contributed by atoms with Crippen LogP contribution < -0.4 is 15.4 Å². The fourth-order valence-electron chi connectivity index (χ4n) is 4.34. The number of carbonyl (C=O) groups is 3. The predicted molar refractivity (Wildman–Crippen MR) is 133 cm³/mol. The van der Waals surface area contributed by atoms with Gasteiger partial charge in [0, 0.05) is 37.5 Å². The number of benzene rings is 2. The number of halogens is 1. The smallest absolute Gasteiger partial charge is 0.323 e. The van der Waals surface area contributed by atoms with Crippen LogP contribution in [-0.2, 0) is 9.53 Å². The summed E-state index contributed by atoms with van der Waals surface area (Å²) in [4.78, 5) is 41.1. The number of carbonyl (C=O) groups excluding carboxylic acids is 3. The lowest BCUT2D eigenvalue weighted by atomic mass is 9.94. The van der Waals surface area contributed by atoms with Gasteiger partial charge in [-0.05, 0) is 49.2 Å². The van der Waals surface area contributed by atoms with Crippen molar-refractivity contribution in [1.29, 1.82) is 0 Å². The van der Waals surface area contributed by atoms with Crippen LogP contribution in [0.3, 0.4) is 0 Å². The average molecular weight is 501 g/mol. The van der Waals surface area contributed by atoms with Crippen LogP contribution in [-0.4, -0.2) is 73.6 Å². The second-order valence-corrected chi connectivity index (χ2v) is 9.40. The molecule has 2 aromatic carbocycles. The summed E-state index contributed by atoms with van der Waals surface area (Å²) in [6.07, 6.45) is 1.14. The van der Waals surface area contributed by atoms with E-state index in [2.05, 4.69) is 10.6 Å². The quantitative estimate of drug-likeness (QED) is 0.664. The van der Waals surface area contributed by atoms with Gasteiger partial charge in [0.2, 0.25) is 5.91 Å². The highest BCUT2D eigenvalue weighted by atomic mass is 35.5. The number of hydrogen-bond donors (Lipinski definition) is 2. The van der Waals surface area contributed by atoms with Crippen molar-refractivity contribution in [3.8, 4) is 5.75 Å². The lowest BCUT2D eigenvalue weighted by Crippen LogP contribution is -2.53. The number of rotatable bonds is 4. The number of anilines is 2. The molecule has 10 heteroatoms. The van der Waals surface area contributed by atoms with E-state index >= 15 is 0 Å². The van der Waals surface area contributed by atoms with Gasteiger partial charge in [-0.15, -0.1) is 0 Å². The Morgan fingerprint density at radius 1 is 1.11 bits per heavy atom. The Morgan fingerprint density at radius 2 is 1.86 bits per heavy atom. The first-order valence-electron chi connectivity index (χ1n) is 11.4. The number of ether oxygens (including phenoxy) is 2. The van der Waals surface area contributed by atoms with E-state index in [-0.39, 0.29) is 36.7 Å². The van der Waals surface area contributed by atoms with Crippen molar-refractivity contribution in [3.05, 3.63) is 53.1 Å². The molecular weight excluding hydrogens is 472 g/mol.